The molecule has 0 amide bonds. The summed E-state index contributed by atoms with van der Waals surface area (Å²) in [6.07, 6.45) is 7.09. The Morgan fingerprint density at radius 3 is 3.00 bits per heavy atom. The lowest BCUT2D eigenvalue weighted by Gasteiger charge is -2.04. The van der Waals surface area contributed by atoms with Crippen molar-refractivity contribution in [1.82, 2.24) is 0 Å². The maximum Gasteiger partial charge on any atom is 0.127 e. The Hall–Kier alpha value is -0.560. The topological polar surface area (TPSA) is 17.1 Å². The zero-order chi connectivity index (χ0) is 6.69. The van der Waals surface area contributed by atoms with E-state index in [9.17, 15) is 4.79 Å². The highest BCUT2D eigenvalue weighted by Gasteiger charge is 2.04. The highest BCUT2D eigenvalue weighted by Crippen LogP contribution is 2.16. The van der Waals surface area contributed by atoms with Crippen molar-refractivity contribution < 1.29 is 4.79 Å². The van der Waals surface area contributed by atoms with Crippen LogP contribution in [-0.2, 0) is 4.79 Å². The molecule has 1 aliphatic rings. The van der Waals surface area contributed by atoms with Crippen LogP contribution in [0.25, 0.3) is 0 Å². The number of hydrogen-bond donors (Lipinski definition) is 0. The third kappa shape index (κ3) is 1.68. The van der Waals surface area contributed by atoms with Crippen LogP contribution in [0.2, 0.25) is 0 Å². The van der Waals surface area contributed by atoms with Crippen molar-refractivity contribution in [3.05, 3.63) is 23.3 Å². The van der Waals surface area contributed by atoms with Crippen LogP contribution in [-0.4, -0.2) is 6.29 Å². The Morgan fingerprint density at radius 1 is 1.78 bits per heavy atom. The number of allylic oxidation sites excluding steroid dienone is 4. The standard InChI is InChI=1S/C7H7ClO/c8-7-3-1-6(5-9)2-4-7/h1,3-6H,2H2. The normalized spacial score (nSPS) is 25.4. The third-order valence-electron chi connectivity index (χ3n) is 1.26. The Kier molecular flexibility index (Phi) is 2.06. The largest absolute Gasteiger partial charge is 0.303 e. The van der Waals surface area contributed by atoms with Gasteiger partial charge in [0.15, 0.2) is 0 Å². The number of rotatable bonds is 1. The summed E-state index contributed by atoms with van der Waals surface area (Å²) in [7, 11) is 0. The molecule has 0 aromatic heterocycles. The summed E-state index contributed by atoms with van der Waals surface area (Å²) in [6, 6.07) is 0. The number of hydrogen-bond acceptors (Lipinski definition) is 1. The second-order valence-electron chi connectivity index (χ2n) is 1.98. The molecule has 0 N–H and O–H groups in total. The van der Waals surface area contributed by atoms with E-state index in [4.69, 9.17) is 11.6 Å². The van der Waals surface area contributed by atoms with Crippen molar-refractivity contribution in [1.29, 1.82) is 0 Å². The van der Waals surface area contributed by atoms with Crippen molar-refractivity contribution in [2.45, 2.75) is 6.42 Å². The molecular formula is C7H7ClO. The fraction of sp³-hybridized carbons (Fsp3) is 0.286. The van der Waals surface area contributed by atoms with E-state index in [-0.39, 0.29) is 5.92 Å². The van der Waals surface area contributed by atoms with Gasteiger partial charge in [-0.2, -0.15) is 0 Å². The summed E-state index contributed by atoms with van der Waals surface area (Å²) in [6.45, 7) is 0. The SMILES string of the molecule is O=CC1C=CC(Cl)=CC1. The number of halogens is 1. The monoisotopic (exact) mass is 142 g/mol. The number of aldehydes is 1. The van der Waals surface area contributed by atoms with Crippen molar-refractivity contribution >= 4 is 17.9 Å². The molecule has 48 valence electrons. The molecule has 1 rings (SSSR count). The van der Waals surface area contributed by atoms with Gasteiger partial charge in [0.25, 0.3) is 0 Å². The Balaban J connectivity index is 2.58. The van der Waals surface area contributed by atoms with Gasteiger partial charge in [0, 0.05) is 11.0 Å². The fourth-order valence-corrected chi connectivity index (χ4v) is 0.874. The maximum absolute atomic E-state index is 10.1. The van der Waals surface area contributed by atoms with Crippen LogP contribution in [0.1, 0.15) is 6.42 Å². The first-order valence-corrected chi connectivity index (χ1v) is 3.20. The predicted octanol–water partition coefficient (Wildman–Crippen LogP) is 1.88. The van der Waals surface area contributed by atoms with Gasteiger partial charge >= 0.3 is 0 Å². The van der Waals surface area contributed by atoms with E-state index in [1.807, 2.05) is 12.2 Å². The minimum atomic E-state index is 0.0486. The second kappa shape index (κ2) is 2.83. The van der Waals surface area contributed by atoms with E-state index in [1.54, 1.807) is 6.08 Å². The molecule has 0 heterocycles. The zero-order valence-electron chi connectivity index (χ0n) is 4.88. The molecule has 1 atom stereocenters. The highest BCUT2D eigenvalue weighted by molar-refractivity contribution is 6.31. The van der Waals surface area contributed by atoms with Gasteiger partial charge < -0.3 is 4.79 Å². The molecule has 9 heavy (non-hydrogen) atoms. The van der Waals surface area contributed by atoms with Gasteiger partial charge in [0.2, 0.25) is 0 Å². The van der Waals surface area contributed by atoms with Gasteiger partial charge in [-0.1, -0.05) is 23.8 Å². The van der Waals surface area contributed by atoms with Crippen molar-refractivity contribution in [2.24, 2.45) is 5.92 Å². The first-order valence-electron chi connectivity index (χ1n) is 2.82. The summed E-state index contributed by atoms with van der Waals surface area (Å²) in [5.41, 5.74) is 0. The second-order valence-corrected chi connectivity index (χ2v) is 2.42. The van der Waals surface area contributed by atoms with Crippen molar-refractivity contribution in [3.8, 4) is 0 Å². The molecule has 0 radical (unpaired) electrons. The summed E-state index contributed by atoms with van der Waals surface area (Å²) < 4.78 is 0. The Bertz CT molecular complexity index is 170. The van der Waals surface area contributed by atoms with Crippen molar-refractivity contribution in [3.63, 3.8) is 0 Å². The van der Waals surface area contributed by atoms with Gasteiger partial charge in [0.1, 0.15) is 6.29 Å². The Morgan fingerprint density at radius 2 is 2.56 bits per heavy atom. The number of carbonyl (C=O) groups excluding carboxylic acids is 1. The predicted molar refractivity (Wildman–Crippen MR) is 37.2 cm³/mol. The average Bonchev–Trinajstić information content (AvgIpc) is 1.90. The Labute approximate surface area is 59.0 Å². The third-order valence-corrected chi connectivity index (χ3v) is 1.54. The minimum Gasteiger partial charge on any atom is -0.303 e. The maximum atomic E-state index is 10.1. The van der Waals surface area contributed by atoms with Crippen LogP contribution in [0.4, 0.5) is 0 Å². The van der Waals surface area contributed by atoms with E-state index < -0.39 is 0 Å². The van der Waals surface area contributed by atoms with Gasteiger partial charge in [-0.05, 0) is 12.5 Å². The van der Waals surface area contributed by atoms with Gasteiger partial charge in [-0.15, -0.1) is 0 Å². The van der Waals surface area contributed by atoms with Crippen LogP contribution in [0, 0.1) is 5.92 Å². The summed E-state index contributed by atoms with van der Waals surface area (Å²) >= 11 is 5.60. The van der Waals surface area contributed by atoms with Gasteiger partial charge in [0.05, 0.1) is 0 Å². The zero-order valence-corrected chi connectivity index (χ0v) is 5.64. The molecule has 0 saturated carbocycles. The smallest absolute Gasteiger partial charge is 0.127 e. The molecule has 0 spiro atoms. The molecule has 0 aromatic carbocycles. The molecule has 0 fully saturated rings. The van der Waals surface area contributed by atoms with Crippen molar-refractivity contribution in [2.75, 3.05) is 0 Å². The lowest BCUT2D eigenvalue weighted by atomic mass is 10.0. The lowest BCUT2D eigenvalue weighted by molar-refractivity contribution is -0.109. The van der Waals surface area contributed by atoms with Crippen LogP contribution in [0.5, 0.6) is 0 Å². The molecular weight excluding hydrogens is 136 g/mol. The summed E-state index contributed by atoms with van der Waals surface area (Å²) in [4.78, 5) is 10.1. The average molecular weight is 143 g/mol. The van der Waals surface area contributed by atoms with Crippen LogP contribution >= 0.6 is 11.6 Å². The molecule has 1 aliphatic carbocycles. The molecule has 0 bridgehead atoms. The van der Waals surface area contributed by atoms with Gasteiger partial charge in [-0.3, -0.25) is 0 Å². The van der Waals surface area contributed by atoms with Crippen LogP contribution < -0.4 is 0 Å². The molecule has 0 aliphatic heterocycles. The quantitative estimate of drug-likeness (QED) is 0.511. The molecule has 0 aromatic rings. The molecule has 1 unspecified atom stereocenters. The fourth-order valence-electron chi connectivity index (χ4n) is 0.712. The van der Waals surface area contributed by atoms with Crippen LogP contribution in [0.15, 0.2) is 23.3 Å². The molecule has 2 heteroatoms. The lowest BCUT2D eigenvalue weighted by Crippen LogP contribution is -1.98. The molecule has 0 saturated heterocycles. The number of carbonyl (C=O) groups is 1. The van der Waals surface area contributed by atoms with E-state index in [1.165, 1.54) is 0 Å². The first kappa shape index (κ1) is 6.56. The summed E-state index contributed by atoms with van der Waals surface area (Å²) in [5, 5.41) is 0.730. The van der Waals surface area contributed by atoms with E-state index in [0.29, 0.717) is 0 Å². The van der Waals surface area contributed by atoms with Crippen LogP contribution in [0.3, 0.4) is 0 Å². The molecule has 1 nitrogen and oxygen atoms in total. The minimum absolute atomic E-state index is 0.0486. The highest BCUT2D eigenvalue weighted by atomic mass is 35.5. The first-order chi connectivity index (χ1) is 4.33. The van der Waals surface area contributed by atoms with Gasteiger partial charge in [-0.25, -0.2) is 0 Å². The van der Waals surface area contributed by atoms with E-state index in [0.717, 1.165) is 17.7 Å². The van der Waals surface area contributed by atoms with E-state index >= 15 is 0 Å². The van der Waals surface area contributed by atoms with E-state index in [2.05, 4.69) is 0 Å². The summed E-state index contributed by atoms with van der Waals surface area (Å²) in [5.74, 6) is 0.0486.